The second-order valence-electron chi connectivity index (χ2n) is 6.50. The second-order valence-corrected chi connectivity index (χ2v) is 7.28. The van der Waals surface area contributed by atoms with Crippen molar-refractivity contribution in [2.24, 2.45) is 12.0 Å². The number of nitrogens with one attached hydrogen (secondary N) is 2. The Labute approximate surface area is 180 Å². The Morgan fingerprint density at radius 2 is 2.10 bits per heavy atom. The molecule has 9 nitrogen and oxygen atoms in total. The van der Waals surface area contributed by atoms with E-state index in [1.807, 2.05) is 13.8 Å². The van der Waals surface area contributed by atoms with Crippen molar-refractivity contribution in [3.63, 3.8) is 0 Å². The minimum absolute atomic E-state index is 0.000887. The summed E-state index contributed by atoms with van der Waals surface area (Å²) < 4.78 is 21.4. The lowest BCUT2D eigenvalue weighted by molar-refractivity contribution is -0.110. The third-order valence-electron chi connectivity index (χ3n) is 3.98. The van der Waals surface area contributed by atoms with E-state index in [9.17, 15) is 14.0 Å². The van der Waals surface area contributed by atoms with Crippen LogP contribution in [0, 0.1) is 5.82 Å². The number of halogens is 3. The van der Waals surface area contributed by atoms with Gasteiger partial charge in [-0.3, -0.25) is 9.59 Å². The van der Waals surface area contributed by atoms with Crippen LogP contribution in [-0.2, 0) is 16.7 Å². The van der Waals surface area contributed by atoms with Crippen LogP contribution in [0.15, 0.2) is 34.4 Å². The van der Waals surface area contributed by atoms with Crippen molar-refractivity contribution in [1.82, 2.24) is 15.3 Å². The van der Waals surface area contributed by atoms with Crippen molar-refractivity contribution in [3.05, 3.63) is 56.4 Å². The Bertz CT molecular complexity index is 1150. The predicted molar refractivity (Wildman–Crippen MR) is 109 cm³/mol. The van der Waals surface area contributed by atoms with Gasteiger partial charge in [-0.25, -0.2) is 9.07 Å². The Kier molecular flexibility index (Phi) is 5.99. The van der Waals surface area contributed by atoms with Crippen LogP contribution in [0.2, 0.25) is 10.0 Å². The molecule has 0 bridgehead atoms. The fourth-order valence-corrected chi connectivity index (χ4v) is 3.02. The summed E-state index contributed by atoms with van der Waals surface area (Å²) in [5.41, 5.74) is 2.10. The zero-order chi connectivity index (χ0) is 22.2. The fourth-order valence-electron chi connectivity index (χ4n) is 2.49. The topological polar surface area (TPSA) is 107 Å². The van der Waals surface area contributed by atoms with Crippen LogP contribution in [0.3, 0.4) is 0 Å². The number of rotatable bonds is 5. The maximum Gasteiger partial charge on any atom is 0.294 e. The number of amidine groups is 1. The molecule has 12 heteroatoms. The lowest BCUT2D eigenvalue weighted by Crippen LogP contribution is -2.31. The number of amides is 1. The first-order valence-corrected chi connectivity index (χ1v) is 9.29. The molecular weight excluding hydrogens is 440 g/mol. The van der Waals surface area contributed by atoms with E-state index >= 15 is 0 Å². The predicted octanol–water partition coefficient (Wildman–Crippen LogP) is 3.48. The number of aromatic nitrogens is 2. The number of carbonyl (C=O) groups excluding carboxylic acids is 1. The van der Waals surface area contributed by atoms with E-state index in [4.69, 9.17) is 32.8 Å². The summed E-state index contributed by atoms with van der Waals surface area (Å²) in [6, 6.07) is 2.55. The first kappa shape index (κ1) is 21.6. The molecule has 1 amide bonds. The normalized spacial score (nSPS) is 13.0. The standard InChI is InChI=1S/C18H16Cl2FN5O4/c1-7(2)9-5-12(24-26(4)18(9)28)29-15-10(19)6-11(14(21)13(15)20)23-17(27)16-22-8(3)30-25-16/h5-7H,3H2,1-2,4H3,(H,22,25)(H,23,27). The van der Waals surface area contributed by atoms with Crippen LogP contribution >= 0.6 is 23.2 Å². The minimum atomic E-state index is -0.989. The lowest BCUT2D eigenvalue weighted by atomic mass is 10.1. The molecule has 1 aliphatic rings. The summed E-state index contributed by atoms with van der Waals surface area (Å²) in [6.45, 7) is 7.08. The third kappa shape index (κ3) is 4.24. The quantitative estimate of drug-likeness (QED) is 0.668. The van der Waals surface area contributed by atoms with Crippen molar-refractivity contribution in [3.8, 4) is 11.6 Å². The Morgan fingerprint density at radius 1 is 1.40 bits per heavy atom. The van der Waals surface area contributed by atoms with Gasteiger partial charge in [-0.2, -0.15) is 10.5 Å². The van der Waals surface area contributed by atoms with Gasteiger partial charge in [0, 0.05) is 18.7 Å². The summed E-state index contributed by atoms with van der Waals surface area (Å²) >= 11 is 12.3. The summed E-state index contributed by atoms with van der Waals surface area (Å²) in [5.74, 6) is -2.34. The number of anilines is 1. The molecule has 1 aromatic carbocycles. The van der Waals surface area contributed by atoms with Gasteiger partial charge < -0.3 is 14.9 Å². The molecule has 0 spiro atoms. The van der Waals surface area contributed by atoms with Gasteiger partial charge in [0.05, 0.1) is 10.7 Å². The smallest absolute Gasteiger partial charge is 0.294 e. The number of hydrogen-bond acceptors (Lipinski definition) is 7. The van der Waals surface area contributed by atoms with Crippen LogP contribution in [-0.4, -0.2) is 21.5 Å². The van der Waals surface area contributed by atoms with Gasteiger partial charge in [-0.05, 0) is 18.6 Å². The number of hydroxylamine groups is 1. The Balaban J connectivity index is 1.92. The van der Waals surface area contributed by atoms with Gasteiger partial charge in [0.2, 0.25) is 17.6 Å². The largest absolute Gasteiger partial charge is 0.434 e. The molecule has 3 rings (SSSR count). The highest BCUT2D eigenvalue weighted by atomic mass is 35.5. The van der Waals surface area contributed by atoms with Gasteiger partial charge in [0.1, 0.15) is 5.02 Å². The number of aliphatic imine (C=N–C) groups is 1. The van der Waals surface area contributed by atoms with Crippen LogP contribution in [0.1, 0.15) is 25.3 Å². The van der Waals surface area contributed by atoms with Crippen LogP contribution in [0.5, 0.6) is 11.6 Å². The van der Waals surface area contributed by atoms with Crippen LogP contribution in [0.4, 0.5) is 10.1 Å². The van der Waals surface area contributed by atoms with Gasteiger partial charge in [-0.1, -0.05) is 37.0 Å². The Hall–Kier alpha value is -3.11. The number of hydrogen-bond donors (Lipinski definition) is 2. The molecule has 0 unspecified atom stereocenters. The van der Waals surface area contributed by atoms with Gasteiger partial charge in [0.15, 0.2) is 11.6 Å². The molecule has 2 aromatic rings. The summed E-state index contributed by atoms with van der Waals surface area (Å²) in [7, 11) is 1.46. The van der Waals surface area contributed by atoms with Gasteiger partial charge in [0.25, 0.3) is 11.5 Å². The third-order valence-corrected chi connectivity index (χ3v) is 4.60. The number of benzene rings is 1. The monoisotopic (exact) mass is 455 g/mol. The summed E-state index contributed by atoms with van der Waals surface area (Å²) in [6.07, 6.45) is 0. The van der Waals surface area contributed by atoms with E-state index < -0.39 is 16.7 Å². The van der Waals surface area contributed by atoms with Crippen LogP contribution in [0.25, 0.3) is 0 Å². The van der Waals surface area contributed by atoms with Crippen LogP contribution < -0.4 is 21.1 Å². The Morgan fingerprint density at radius 3 is 2.70 bits per heavy atom. The molecule has 158 valence electrons. The average Bonchev–Trinajstić information content (AvgIpc) is 3.12. The molecule has 1 aromatic heterocycles. The minimum Gasteiger partial charge on any atom is -0.434 e. The zero-order valence-corrected chi connectivity index (χ0v) is 17.6. The molecule has 0 fully saturated rings. The SMILES string of the molecule is C=C1N=C(C(=O)Nc2cc(Cl)c(Oc3cc(C(C)C)c(=O)n(C)n3)c(Cl)c2F)NO1. The number of aryl methyl sites for hydroxylation is 1. The lowest BCUT2D eigenvalue weighted by Gasteiger charge is -2.14. The average molecular weight is 456 g/mol. The molecule has 0 atom stereocenters. The van der Waals surface area contributed by atoms with E-state index in [0.29, 0.717) is 5.56 Å². The number of nitrogens with zero attached hydrogens (tertiary/aromatic N) is 3. The maximum absolute atomic E-state index is 14.7. The molecule has 2 N–H and O–H groups in total. The first-order chi connectivity index (χ1) is 14.1. The highest BCUT2D eigenvalue weighted by Crippen LogP contribution is 2.41. The molecule has 0 saturated heterocycles. The molecule has 0 aliphatic carbocycles. The van der Waals surface area contributed by atoms with Crippen molar-refractivity contribution < 1.29 is 18.8 Å². The molecule has 30 heavy (non-hydrogen) atoms. The van der Waals surface area contributed by atoms with E-state index in [-0.39, 0.29) is 45.5 Å². The first-order valence-electron chi connectivity index (χ1n) is 8.53. The molecule has 0 radical (unpaired) electrons. The summed E-state index contributed by atoms with van der Waals surface area (Å²) in [4.78, 5) is 32.7. The van der Waals surface area contributed by atoms with Crippen molar-refractivity contribution >= 4 is 40.6 Å². The second kappa shape index (κ2) is 8.33. The molecule has 0 saturated carbocycles. The number of carbonyl (C=O) groups is 1. The van der Waals surface area contributed by atoms with Gasteiger partial charge >= 0.3 is 0 Å². The van der Waals surface area contributed by atoms with E-state index in [1.54, 1.807) is 0 Å². The maximum atomic E-state index is 14.7. The fraction of sp³-hybridized carbons (Fsp3) is 0.222. The van der Waals surface area contributed by atoms with Crippen molar-refractivity contribution in [1.29, 1.82) is 0 Å². The molecule has 2 heterocycles. The van der Waals surface area contributed by atoms with E-state index in [1.165, 1.54) is 13.1 Å². The molecular formula is C18H16Cl2FN5O4. The van der Waals surface area contributed by atoms with Crippen molar-refractivity contribution in [2.45, 2.75) is 19.8 Å². The van der Waals surface area contributed by atoms with E-state index in [0.717, 1.165) is 10.7 Å². The number of ether oxygens (including phenoxy) is 1. The summed E-state index contributed by atoms with van der Waals surface area (Å²) in [5, 5.41) is 5.67. The highest BCUT2D eigenvalue weighted by molar-refractivity contribution is 6.43. The highest BCUT2D eigenvalue weighted by Gasteiger charge is 2.24. The van der Waals surface area contributed by atoms with Gasteiger partial charge in [-0.15, -0.1) is 5.10 Å². The molecule has 1 aliphatic heterocycles. The van der Waals surface area contributed by atoms with Crippen molar-refractivity contribution in [2.75, 3.05) is 5.32 Å². The van der Waals surface area contributed by atoms with E-state index in [2.05, 4.69) is 27.5 Å². The zero-order valence-electron chi connectivity index (χ0n) is 16.0.